The maximum absolute atomic E-state index is 12.2. The number of rotatable bonds is 5. The van der Waals surface area contributed by atoms with Gasteiger partial charge in [-0.3, -0.25) is 14.9 Å². The first kappa shape index (κ1) is 18.8. The molecular formula is C17H12ClN3O5. The van der Waals surface area contributed by atoms with Crippen LogP contribution in [-0.2, 0) is 4.79 Å². The summed E-state index contributed by atoms with van der Waals surface area (Å²) in [5.74, 6) is -0.801. The van der Waals surface area contributed by atoms with Crippen molar-refractivity contribution in [2.24, 2.45) is 0 Å². The SMILES string of the molecule is COc1ccc(NC(=O)/C(C#N)=C/c2ccc(O)c([N+](=O)[O-])c2)cc1Cl. The molecule has 0 radical (unpaired) electrons. The number of nitriles is 1. The number of methoxy groups -OCH3 is 1. The number of aromatic hydroxyl groups is 1. The zero-order chi connectivity index (χ0) is 19.3. The molecule has 0 aliphatic heterocycles. The van der Waals surface area contributed by atoms with Crippen LogP contribution >= 0.6 is 11.6 Å². The maximum Gasteiger partial charge on any atom is 0.311 e. The van der Waals surface area contributed by atoms with E-state index in [2.05, 4.69) is 5.32 Å². The molecular weight excluding hydrogens is 362 g/mol. The number of phenols is 1. The van der Waals surface area contributed by atoms with Gasteiger partial charge in [0, 0.05) is 11.8 Å². The topological polar surface area (TPSA) is 125 Å². The number of nitro groups is 1. The second-order valence-corrected chi connectivity index (χ2v) is 5.39. The molecule has 26 heavy (non-hydrogen) atoms. The molecule has 8 nitrogen and oxygen atoms in total. The Morgan fingerprint density at radius 3 is 2.69 bits per heavy atom. The van der Waals surface area contributed by atoms with Crippen LogP contribution in [0.25, 0.3) is 6.08 Å². The fourth-order valence-corrected chi connectivity index (χ4v) is 2.29. The van der Waals surface area contributed by atoms with Crippen molar-refractivity contribution in [1.29, 1.82) is 5.26 Å². The number of nitro benzene ring substituents is 1. The summed E-state index contributed by atoms with van der Waals surface area (Å²) in [7, 11) is 1.45. The Hall–Kier alpha value is -3.57. The number of nitrogens with one attached hydrogen (secondary N) is 1. The molecule has 132 valence electrons. The molecule has 2 aromatic rings. The van der Waals surface area contributed by atoms with Crippen LogP contribution in [0.1, 0.15) is 5.56 Å². The molecule has 0 fully saturated rings. The normalized spacial score (nSPS) is 10.7. The second-order valence-electron chi connectivity index (χ2n) is 4.98. The summed E-state index contributed by atoms with van der Waals surface area (Å²) in [6, 6.07) is 9.80. The van der Waals surface area contributed by atoms with E-state index in [9.17, 15) is 25.3 Å². The lowest BCUT2D eigenvalue weighted by atomic mass is 10.1. The van der Waals surface area contributed by atoms with Crippen LogP contribution in [0.15, 0.2) is 42.0 Å². The number of carbonyl (C=O) groups is 1. The van der Waals surface area contributed by atoms with E-state index < -0.39 is 22.3 Å². The van der Waals surface area contributed by atoms with E-state index in [-0.39, 0.29) is 16.2 Å². The van der Waals surface area contributed by atoms with E-state index in [1.807, 2.05) is 0 Å². The van der Waals surface area contributed by atoms with Crippen molar-refractivity contribution in [3.63, 3.8) is 0 Å². The standard InChI is InChI=1S/C17H12ClN3O5/c1-26-16-5-3-12(8-13(16)18)20-17(23)11(9-19)6-10-2-4-15(22)14(7-10)21(24)25/h2-8,22H,1H3,(H,20,23)/b11-6+. The summed E-state index contributed by atoms with van der Waals surface area (Å²) in [4.78, 5) is 22.3. The highest BCUT2D eigenvalue weighted by Gasteiger charge is 2.15. The first-order chi connectivity index (χ1) is 12.3. The number of anilines is 1. The molecule has 9 heteroatoms. The van der Waals surface area contributed by atoms with Gasteiger partial charge in [0.2, 0.25) is 0 Å². The number of benzene rings is 2. The average Bonchev–Trinajstić information content (AvgIpc) is 2.60. The molecule has 0 spiro atoms. The molecule has 1 amide bonds. The predicted octanol–water partition coefficient (Wildman–Crippen LogP) is 3.51. The van der Waals surface area contributed by atoms with Crippen LogP contribution in [0.5, 0.6) is 11.5 Å². The van der Waals surface area contributed by atoms with Crippen molar-refractivity contribution in [3.8, 4) is 17.6 Å². The van der Waals surface area contributed by atoms with Crippen molar-refractivity contribution in [3.05, 3.63) is 62.7 Å². The number of hydrogen-bond acceptors (Lipinski definition) is 6. The second kappa shape index (κ2) is 8.00. The van der Waals surface area contributed by atoms with E-state index >= 15 is 0 Å². The molecule has 0 saturated carbocycles. The quantitative estimate of drug-likeness (QED) is 0.357. The molecule has 0 saturated heterocycles. The van der Waals surface area contributed by atoms with E-state index in [0.29, 0.717) is 11.4 Å². The Morgan fingerprint density at radius 1 is 1.38 bits per heavy atom. The first-order valence-corrected chi connectivity index (χ1v) is 7.47. The highest BCUT2D eigenvalue weighted by molar-refractivity contribution is 6.32. The molecule has 0 atom stereocenters. The highest BCUT2D eigenvalue weighted by atomic mass is 35.5. The summed E-state index contributed by atoms with van der Waals surface area (Å²) >= 11 is 5.97. The molecule has 0 heterocycles. The van der Waals surface area contributed by atoms with Crippen molar-refractivity contribution in [2.75, 3.05) is 12.4 Å². The summed E-state index contributed by atoms with van der Waals surface area (Å²) in [6.07, 6.45) is 1.17. The van der Waals surface area contributed by atoms with Crippen LogP contribution in [0, 0.1) is 21.4 Å². The third-order valence-corrected chi connectivity index (χ3v) is 3.58. The minimum absolute atomic E-state index is 0.217. The molecule has 0 aliphatic rings. The Morgan fingerprint density at radius 2 is 2.12 bits per heavy atom. The van der Waals surface area contributed by atoms with Crippen molar-refractivity contribution in [1.82, 2.24) is 0 Å². The van der Waals surface area contributed by atoms with E-state index in [0.717, 1.165) is 12.1 Å². The Balaban J connectivity index is 2.27. The zero-order valence-corrected chi connectivity index (χ0v) is 14.1. The van der Waals surface area contributed by atoms with Gasteiger partial charge in [0.25, 0.3) is 5.91 Å². The number of amides is 1. The Kier molecular flexibility index (Phi) is 5.78. The zero-order valence-electron chi connectivity index (χ0n) is 13.4. The lowest BCUT2D eigenvalue weighted by Crippen LogP contribution is -2.13. The summed E-state index contributed by atoms with van der Waals surface area (Å²) in [5.41, 5.74) is -0.247. The minimum atomic E-state index is -0.766. The number of phenolic OH excluding ortho intramolecular Hbond substituents is 1. The van der Waals surface area contributed by atoms with E-state index in [4.69, 9.17) is 16.3 Å². The van der Waals surface area contributed by atoms with Crippen LogP contribution in [0.2, 0.25) is 5.02 Å². The molecule has 0 bridgehead atoms. The number of nitrogens with zero attached hydrogens (tertiary/aromatic N) is 2. The highest BCUT2D eigenvalue weighted by Crippen LogP contribution is 2.28. The van der Waals surface area contributed by atoms with Gasteiger partial charge in [-0.2, -0.15) is 5.26 Å². The summed E-state index contributed by atoms with van der Waals surface area (Å²) < 4.78 is 5.01. The van der Waals surface area contributed by atoms with Gasteiger partial charge in [0.15, 0.2) is 5.75 Å². The smallest absolute Gasteiger partial charge is 0.311 e. The van der Waals surface area contributed by atoms with Crippen molar-refractivity contribution >= 4 is 35.0 Å². The molecule has 0 aromatic heterocycles. The summed E-state index contributed by atoms with van der Waals surface area (Å²) in [6.45, 7) is 0. The van der Waals surface area contributed by atoms with Crippen LogP contribution in [0.4, 0.5) is 11.4 Å². The largest absolute Gasteiger partial charge is 0.502 e. The molecule has 2 rings (SSSR count). The van der Waals surface area contributed by atoms with Crippen LogP contribution in [-0.4, -0.2) is 23.0 Å². The lowest BCUT2D eigenvalue weighted by molar-refractivity contribution is -0.385. The number of halogens is 1. The van der Waals surface area contributed by atoms with Gasteiger partial charge in [-0.25, -0.2) is 0 Å². The predicted molar refractivity (Wildman–Crippen MR) is 95.0 cm³/mol. The third-order valence-electron chi connectivity index (χ3n) is 3.28. The fourth-order valence-electron chi connectivity index (χ4n) is 2.03. The van der Waals surface area contributed by atoms with Gasteiger partial charge in [-0.15, -0.1) is 0 Å². The van der Waals surface area contributed by atoms with Gasteiger partial charge >= 0.3 is 5.69 Å². The van der Waals surface area contributed by atoms with E-state index in [1.54, 1.807) is 18.2 Å². The van der Waals surface area contributed by atoms with Gasteiger partial charge in [0.05, 0.1) is 17.1 Å². The monoisotopic (exact) mass is 373 g/mol. The number of hydrogen-bond donors (Lipinski definition) is 2. The molecule has 0 aliphatic carbocycles. The minimum Gasteiger partial charge on any atom is -0.502 e. The average molecular weight is 374 g/mol. The van der Waals surface area contributed by atoms with Crippen molar-refractivity contribution < 1.29 is 19.6 Å². The molecule has 0 unspecified atom stereocenters. The van der Waals surface area contributed by atoms with Gasteiger partial charge in [-0.1, -0.05) is 17.7 Å². The third kappa shape index (κ3) is 4.28. The number of carbonyl (C=O) groups excluding carboxylic acids is 1. The van der Waals surface area contributed by atoms with E-state index in [1.165, 1.54) is 25.3 Å². The van der Waals surface area contributed by atoms with Crippen LogP contribution < -0.4 is 10.1 Å². The Bertz CT molecular complexity index is 950. The fraction of sp³-hybridized carbons (Fsp3) is 0.0588. The van der Waals surface area contributed by atoms with Gasteiger partial charge in [0.1, 0.15) is 17.4 Å². The summed E-state index contributed by atoms with van der Waals surface area (Å²) in [5, 5.41) is 32.3. The Labute approximate surface area is 153 Å². The number of ether oxygens (including phenoxy) is 1. The molecule has 2 aromatic carbocycles. The maximum atomic E-state index is 12.2. The van der Waals surface area contributed by atoms with Gasteiger partial charge in [-0.05, 0) is 35.9 Å². The first-order valence-electron chi connectivity index (χ1n) is 7.09. The lowest BCUT2D eigenvalue weighted by Gasteiger charge is -2.07. The van der Waals surface area contributed by atoms with Crippen molar-refractivity contribution in [2.45, 2.75) is 0 Å². The molecule has 2 N–H and O–H groups in total. The van der Waals surface area contributed by atoms with Crippen LogP contribution in [0.3, 0.4) is 0 Å². The van der Waals surface area contributed by atoms with Gasteiger partial charge < -0.3 is 15.2 Å².